The smallest absolute Gasteiger partial charge is 0.247 e. The van der Waals surface area contributed by atoms with E-state index in [1.165, 1.54) is 6.07 Å². The van der Waals surface area contributed by atoms with Crippen molar-refractivity contribution in [3.63, 3.8) is 0 Å². The molecule has 1 aromatic heterocycles. The Labute approximate surface area is 91.4 Å². The predicted molar refractivity (Wildman–Crippen MR) is 51.4 cm³/mol. The van der Waals surface area contributed by atoms with Crippen molar-refractivity contribution in [2.75, 3.05) is 0 Å². The van der Waals surface area contributed by atoms with Crippen molar-refractivity contribution in [1.82, 2.24) is 4.98 Å². The van der Waals surface area contributed by atoms with Gasteiger partial charge in [0.15, 0.2) is 5.82 Å². The molecule has 0 saturated carbocycles. The summed E-state index contributed by atoms with van der Waals surface area (Å²) >= 11 is 7.02. The van der Waals surface area contributed by atoms with Crippen LogP contribution >= 0.6 is 34.2 Å². The molecular weight excluding hydrogens is 317 g/mol. The van der Waals surface area contributed by atoms with Crippen LogP contribution in [-0.2, 0) is 5.88 Å². The molecule has 72 valence electrons. The van der Waals surface area contributed by atoms with Gasteiger partial charge in [0.25, 0.3) is 6.43 Å². The molecule has 6 heteroatoms. The highest BCUT2D eigenvalue weighted by Crippen LogP contribution is 2.24. The Kier molecular flexibility index (Phi) is 3.78. The molecule has 0 radical (unpaired) electrons. The van der Waals surface area contributed by atoms with Crippen LogP contribution in [0.2, 0.25) is 0 Å². The molecule has 0 aromatic carbocycles. The molecule has 0 amide bonds. The van der Waals surface area contributed by atoms with Crippen molar-refractivity contribution in [3.8, 4) is 0 Å². The van der Waals surface area contributed by atoms with E-state index in [0.717, 1.165) is 0 Å². The molecule has 0 N–H and O–H groups in total. The van der Waals surface area contributed by atoms with Crippen LogP contribution in [0.1, 0.15) is 17.8 Å². The average molecular weight is 321 g/mol. The number of hydrogen-bond acceptors (Lipinski definition) is 1. The summed E-state index contributed by atoms with van der Waals surface area (Å²) in [5, 5.41) is 0. The van der Waals surface area contributed by atoms with Crippen LogP contribution in [0.3, 0.4) is 0 Å². The molecule has 0 bridgehead atoms. The molecule has 0 atom stereocenters. The highest BCUT2D eigenvalue weighted by molar-refractivity contribution is 14.1. The van der Waals surface area contributed by atoms with Crippen molar-refractivity contribution in [2.45, 2.75) is 12.3 Å². The van der Waals surface area contributed by atoms with Crippen LogP contribution in [0, 0.1) is 9.39 Å². The number of pyridine rings is 1. The van der Waals surface area contributed by atoms with Gasteiger partial charge < -0.3 is 0 Å². The van der Waals surface area contributed by atoms with Crippen LogP contribution in [-0.4, -0.2) is 4.98 Å². The molecular formula is C7H4ClF3IN. The monoisotopic (exact) mass is 321 g/mol. The number of nitrogens with zero attached hydrogens (tertiary/aromatic N) is 1. The lowest BCUT2D eigenvalue weighted by atomic mass is 10.3. The number of aromatic nitrogens is 1. The van der Waals surface area contributed by atoms with Gasteiger partial charge in [-0.05, 0) is 28.7 Å². The second-order valence-corrected chi connectivity index (χ2v) is 3.66. The van der Waals surface area contributed by atoms with E-state index in [1.807, 2.05) is 0 Å². The highest BCUT2D eigenvalue weighted by atomic mass is 127. The lowest BCUT2D eigenvalue weighted by Gasteiger charge is -2.04. The average Bonchev–Trinajstić information content (AvgIpc) is 2.09. The third kappa shape index (κ3) is 2.46. The summed E-state index contributed by atoms with van der Waals surface area (Å²) in [4.78, 5) is 3.39. The van der Waals surface area contributed by atoms with Crippen molar-refractivity contribution in [3.05, 3.63) is 26.8 Å². The van der Waals surface area contributed by atoms with Crippen molar-refractivity contribution in [2.24, 2.45) is 0 Å². The summed E-state index contributed by atoms with van der Waals surface area (Å²) in [5.74, 6) is -0.972. The molecule has 0 aliphatic rings. The minimum atomic E-state index is -2.91. The fraction of sp³-hybridized carbons (Fsp3) is 0.286. The fourth-order valence-electron chi connectivity index (χ4n) is 0.781. The Morgan fingerprint density at radius 2 is 2.15 bits per heavy atom. The standard InChI is InChI=1S/C7H4ClF3IN/c8-2-3-1-4(12)5(9)6(13-3)7(10)11/h1,7H,2H2. The van der Waals surface area contributed by atoms with Gasteiger partial charge in [0.2, 0.25) is 0 Å². The summed E-state index contributed by atoms with van der Waals surface area (Å²) in [5.41, 5.74) is -0.578. The molecule has 0 aliphatic heterocycles. The number of hydrogen-bond donors (Lipinski definition) is 0. The largest absolute Gasteiger partial charge is 0.283 e. The van der Waals surface area contributed by atoms with E-state index in [0.29, 0.717) is 0 Å². The van der Waals surface area contributed by atoms with Crippen molar-refractivity contribution >= 4 is 34.2 Å². The first-order valence-electron chi connectivity index (χ1n) is 3.25. The Balaban J connectivity index is 3.25. The van der Waals surface area contributed by atoms with Crippen LogP contribution in [0.25, 0.3) is 0 Å². The Bertz CT molecular complexity index is 319. The van der Waals surface area contributed by atoms with Gasteiger partial charge in [-0.25, -0.2) is 18.2 Å². The summed E-state index contributed by atoms with van der Waals surface area (Å²) in [6.07, 6.45) is -2.91. The molecule has 1 nitrogen and oxygen atoms in total. The Morgan fingerprint density at radius 3 is 2.62 bits per heavy atom. The molecule has 0 aliphatic carbocycles. The fourth-order valence-corrected chi connectivity index (χ4v) is 1.55. The number of rotatable bonds is 2. The van der Waals surface area contributed by atoms with Crippen LogP contribution in [0.15, 0.2) is 6.07 Å². The second-order valence-electron chi connectivity index (χ2n) is 2.23. The molecule has 1 aromatic rings. The number of alkyl halides is 3. The van der Waals surface area contributed by atoms with Gasteiger partial charge in [-0.1, -0.05) is 0 Å². The summed E-state index contributed by atoms with van der Waals surface area (Å²) in [6.45, 7) is 0. The van der Waals surface area contributed by atoms with E-state index in [-0.39, 0.29) is 15.1 Å². The third-order valence-corrected chi connectivity index (χ3v) is 2.39. The topological polar surface area (TPSA) is 12.9 Å². The normalized spacial score (nSPS) is 10.9. The summed E-state index contributed by atoms with van der Waals surface area (Å²) in [6, 6.07) is 1.34. The Morgan fingerprint density at radius 1 is 1.54 bits per heavy atom. The molecule has 0 fully saturated rings. The third-order valence-electron chi connectivity index (χ3n) is 1.34. The maximum Gasteiger partial charge on any atom is 0.283 e. The maximum absolute atomic E-state index is 13.0. The van der Waals surface area contributed by atoms with Crippen LogP contribution in [0.4, 0.5) is 13.2 Å². The van der Waals surface area contributed by atoms with E-state index in [4.69, 9.17) is 11.6 Å². The van der Waals surface area contributed by atoms with Gasteiger partial charge in [-0.15, -0.1) is 11.6 Å². The minimum Gasteiger partial charge on any atom is -0.247 e. The first-order valence-corrected chi connectivity index (χ1v) is 4.86. The van der Waals surface area contributed by atoms with E-state index in [9.17, 15) is 13.2 Å². The number of halogens is 5. The lowest BCUT2D eigenvalue weighted by molar-refractivity contribution is 0.140. The predicted octanol–water partition coefficient (Wildman–Crippen LogP) is 3.50. The molecule has 13 heavy (non-hydrogen) atoms. The van der Waals surface area contributed by atoms with Crippen LogP contribution < -0.4 is 0 Å². The van der Waals surface area contributed by atoms with E-state index < -0.39 is 17.9 Å². The van der Waals surface area contributed by atoms with Gasteiger partial charge in [0.1, 0.15) is 5.69 Å². The minimum absolute atomic E-state index is 0.00397. The van der Waals surface area contributed by atoms with Crippen molar-refractivity contribution in [1.29, 1.82) is 0 Å². The SMILES string of the molecule is Fc1c(I)cc(CCl)nc1C(F)F. The first kappa shape index (κ1) is 11.0. The highest BCUT2D eigenvalue weighted by Gasteiger charge is 2.18. The summed E-state index contributed by atoms with van der Waals surface area (Å²) < 4.78 is 37.4. The van der Waals surface area contributed by atoms with Gasteiger partial charge in [0.05, 0.1) is 15.1 Å². The molecule has 0 saturated heterocycles. The van der Waals surface area contributed by atoms with E-state index in [1.54, 1.807) is 22.6 Å². The van der Waals surface area contributed by atoms with Gasteiger partial charge in [-0.3, -0.25) is 0 Å². The van der Waals surface area contributed by atoms with Crippen molar-refractivity contribution < 1.29 is 13.2 Å². The van der Waals surface area contributed by atoms with Gasteiger partial charge in [0, 0.05) is 0 Å². The van der Waals surface area contributed by atoms with Gasteiger partial charge >= 0.3 is 0 Å². The lowest BCUT2D eigenvalue weighted by Crippen LogP contribution is -2.01. The first-order chi connectivity index (χ1) is 6.06. The van der Waals surface area contributed by atoms with E-state index >= 15 is 0 Å². The zero-order valence-corrected chi connectivity index (χ0v) is 9.11. The second kappa shape index (κ2) is 4.45. The zero-order chi connectivity index (χ0) is 10.0. The van der Waals surface area contributed by atoms with E-state index in [2.05, 4.69) is 4.98 Å². The molecule has 0 unspecified atom stereocenters. The maximum atomic E-state index is 13.0. The zero-order valence-electron chi connectivity index (χ0n) is 6.20. The van der Waals surface area contributed by atoms with Gasteiger partial charge in [-0.2, -0.15) is 0 Å². The molecule has 1 rings (SSSR count). The molecule has 0 spiro atoms. The van der Waals surface area contributed by atoms with Crippen LogP contribution in [0.5, 0.6) is 0 Å². The molecule has 1 heterocycles. The summed E-state index contributed by atoms with van der Waals surface area (Å²) in [7, 11) is 0. The quantitative estimate of drug-likeness (QED) is 0.600. The Hall–Kier alpha value is -0.0400.